The molecule has 6 nitrogen and oxygen atoms in total. The zero-order chi connectivity index (χ0) is 25.5. The van der Waals surface area contributed by atoms with Gasteiger partial charge in [0.2, 0.25) is 0 Å². The number of benzene rings is 2. The summed E-state index contributed by atoms with van der Waals surface area (Å²) in [4.78, 5) is 21.7. The monoisotopic (exact) mass is 485 g/mol. The number of aromatic nitrogens is 1. The lowest BCUT2D eigenvalue weighted by molar-refractivity contribution is -0.0316. The highest BCUT2D eigenvalue weighted by atomic mass is 16.3. The Bertz CT molecular complexity index is 1390. The Morgan fingerprint density at radius 3 is 2.64 bits per heavy atom. The lowest BCUT2D eigenvalue weighted by Gasteiger charge is -2.40. The van der Waals surface area contributed by atoms with Crippen LogP contribution in [0.2, 0.25) is 0 Å². The fraction of sp³-hybridized carbons (Fsp3) is 0.400. The molecule has 0 radical (unpaired) electrons. The van der Waals surface area contributed by atoms with Gasteiger partial charge in [-0.3, -0.25) is 9.78 Å². The van der Waals surface area contributed by atoms with Gasteiger partial charge in [-0.1, -0.05) is 45.0 Å². The molecule has 1 aliphatic heterocycles. The molecule has 6 heteroatoms. The highest BCUT2D eigenvalue weighted by Gasteiger charge is 2.35. The molecule has 0 atom stereocenters. The number of piperidine rings is 1. The summed E-state index contributed by atoms with van der Waals surface area (Å²) >= 11 is 0. The van der Waals surface area contributed by atoms with Crippen LogP contribution in [0.3, 0.4) is 0 Å². The van der Waals surface area contributed by atoms with Crippen molar-refractivity contribution in [3.8, 4) is 0 Å². The summed E-state index contributed by atoms with van der Waals surface area (Å²) < 4.78 is 5.93. The summed E-state index contributed by atoms with van der Waals surface area (Å²) in [7, 11) is 1.78. The van der Waals surface area contributed by atoms with Crippen molar-refractivity contribution in [2.24, 2.45) is 5.41 Å². The average molecular weight is 486 g/mol. The van der Waals surface area contributed by atoms with E-state index in [0.717, 1.165) is 47.1 Å². The van der Waals surface area contributed by atoms with Gasteiger partial charge >= 0.3 is 0 Å². The largest absolute Gasteiger partial charge is 0.451 e. The van der Waals surface area contributed by atoms with Crippen molar-refractivity contribution in [1.82, 2.24) is 14.8 Å². The zero-order valence-corrected chi connectivity index (χ0v) is 21.6. The summed E-state index contributed by atoms with van der Waals surface area (Å²) in [6.07, 6.45) is 3.16. The van der Waals surface area contributed by atoms with Crippen LogP contribution < -0.4 is 0 Å². The van der Waals surface area contributed by atoms with Crippen molar-refractivity contribution < 1.29 is 14.3 Å². The Kier molecular flexibility index (Phi) is 6.35. The molecule has 0 aliphatic carbocycles. The second kappa shape index (κ2) is 9.34. The topological polar surface area (TPSA) is 69.8 Å². The van der Waals surface area contributed by atoms with Crippen LogP contribution >= 0.6 is 0 Å². The molecule has 4 aromatic rings. The summed E-state index contributed by atoms with van der Waals surface area (Å²) in [5.41, 5.74) is 2.87. The summed E-state index contributed by atoms with van der Waals surface area (Å²) in [6.45, 7) is 9.96. The maximum atomic E-state index is 13.2. The van der Waals surface area contributed by atoms with E-state index in [9.17, 15) is 9.90 Å². The molecule has 0 bridgehead atoms. The third kappa shape index (κ3) is 5.01. The van der Waals surface area contributed by atoms with Gasteiger partial charge in [-0.25, -0.2) is 0 Å². The minimum atomic E-state index is -0.858. The number of likely N-dealkylation sites (tertiary alicyclic amines) is 1. The lowest BCUT2D eigenvalue weighted by atomic mass is 9.83. The molecule has 2 aromatic heterocycles. The second-order valence-corrected chi connectivity index (χ2v) is 11.4. The Labute approximate surface area is 212 Å². The van der Waals surface area contributed by atoms with E-state index < -0.39 is 5.60 Å². The lowest BCUT2D eigenvalue weighted by Crippen LogP contribution is -2.45. The summed E-state index contributed by atoms with van der Waals surface area (Å²) in [6, 6.07) is 17.5. The summed E-state index contributed by atoms with van der Waals surface area (Å²) in [5.74, 6) is 0.123. The third-order valence-corrected chi connectivity index (χ3v) is 7.14. The van der Waals surface area contributed by atoms with Gasteiger partial charge in [-0.2, -0.15) is 0 Å². The Morgan fingerprint density at radius 2 is 1.89 bits per heavy atom. The Morgan fingerprint density at radius 1 is 1.11 bits per heavy atom. The van der Waals surface area contributed by atoms with E-state index in [0.29, 0.717) is 30.7 Å². The molecule has 1 N–H and O–H groups in total. The van der Waals surface area contributed by atoms with E-state index in [4.69, 9.17) is 4.42 Å². The number of pyridine rings is 1. The van der Waals surface area contributed by atoms with Gasteiger partial charge in [0, 0.05) is 50.2 Å². The van der Waals surface area contributed by atoms with E-state index in [2.05, 4.69) is 30.7 Å². The summed E-state index contributed by atoms with van der Waals surface area (Å²) in [5, 5.41) is 13.3. The van der Waals surface area contributed by atoms with E-state index in [1.807, 2.05) is 48.5 Å². The van der Waals surface area contributed by atoms with Gasteiger partial charge in [-0.05, 0) is 59.7 Å². The predicted molar refractivity (Wildman–Crippen MR) is 143 cm³/mol. The number of carbonyl (C=O) groups excluding carboxylic acids is 1. The van der Waals surface area contributed by atoms with Crippen molar-refractivity contribution in [3.63, 3.8) is 0 Å². The SMILES string of the molecule is CN(Cc1cccc2ncccc12)C(=O)c1cc2cc(C3(O)CCN(CC(C)(C)C)CC3)ccc2o1. The molecule has 0 saturated carbocycles. The van der Waals surface area contributed by atoms with Gasteiger partial charge < -0.3 is 19.3 Å². The minimum Gasteiger partial charge on any atom is -0.451 e. The normalized spacial score (nSPS) is 16.5. The molecular formula is C30H35N3O3. The van der Waals surface area contributed by atoms with E-state index in [1.165, 1.54) is 0 Å². The molecule has 188 valence electrons. The van der Waals surface area contributed by atoms with Gasteiger partial charge in [0.1, 0.15) is 5.58 Å². The minimum absolute atomic E-state index is 0.178. The molecule has 36 heavy (non-hydrogen) atoms. The number of fused-ring (bicyclic) bond motifs is 2. The number of furan rings is 1. The number of rotatable bonds is 5. The van der Waals surface area contributed by atoms with E-state index in [1.54, 1.807) is 24.2 Å². The number of amides is 1. The third-order valence-electron chi connectivity index (χ3n) is 7.14. The zero-order valence-electron chi connectivity index (χ0n) is 21.6. The van der Waals surface area contributed by atoms with Crippen molar-refractivity contribution in [2.75, 3.05) is 26.7 Å². The highest BCUT2D eigenvalue weighted by Crippen LogP contribution is 2.36. The first-order chi connectivity index (χ1) is 17.1. The van der Waals surface area contributed by atoms with Crippen LogP contribution in [-0.4, -0.2) is 52.5 Å². The molecule has 5 rings (SSSR count). The molecular weight excluding hydrogens is 450 g/mol. The van der Waals surface area contributed by atoms with Crippen LogP contribution in [0.1, 0.15) is 55.3 Å². The molecule has 1 amide bonds. The van der Waals surface area contributed by atoms with Crippen LogP contribution in [0.25, 0.3) is 21.9 Å². The average Bonchev–Trinajstić information content (AvgIpc) is 3.28. The maximum Gasteiger partial charge on any atom is 0.289 e. The van der Waals surface area contributed by atoms with Gasteiger partial charge in [0.05, 0.1) is 11.1 Å². The molecule has 1 aliphatic rings. The van der Waals surface area contributed by atoms with Crippen molar-refractivity contribution >= 4 is 27.8 Å². The molecule has 2 aromatic carbocycles. The van der Waals surface area contributed by atoms with Gasteiger partial charge in [0.25, 0.3) is 5.91 Å². The number of carbonyl (C=O) groups is 1. The fourth-order valence-corrected chi connectivity index (χ4v) is 5.30. The van der Waals surface area contributed by atoms with Crippen molar-refractivity contribution in [2.45, 2.75) is 45.8 Å². The molecule has 0 unspecified atom stereocenters. The van der Waals surface area contributed by atoms with Gasteiger partial charge in [-0.15, -0.1) is 0 Å². The van der Waals surface area contributed by atoms with Crippen LogP contribution in [-0.2, 0) is 12.1 Å². The second-order valence-electron chi connectivity index (χ2n) is 11.4. The van der Waals surface area contributed by atoms with Crippen molar-refractivity contribution in [1.29, 1.82) is 0 Å². The number of hydrogen-bond donors (Lipinski definition) is 1. The standard InChI is InChI=1S/C30H35N3O3/c1-29(2,3)20-33-15-12-30(35,13-16-33)23-10-11-26-22(17-23)18-27(36-26)28(34)32(4)19-21-7-5-9-25-24(21)8-6-14-31-25/h5-11,14,17-18,35H,12-13,15-16,19-20H2,1-4H3. The Balaban J connectivity index is 1.32. The molecule has 3 heterocycles. The van der Waals surface area contributed by atoms with Crippen LogP contribution in [0.15, 0.2) is 65.2 Å². The quantitative estimate of drug-likeness (QED) is 0.399. The number of aliphatic hydroxyl groups is 1. The number of nitrogens with zero attached hydrogens (tertiary/aromatic N) is 3. The smallest absolute Gasteiger partial charge is 0.289 e. The number of hydrogen-bond acceptors (Lipinski definition) is 5. The Hall–Kier alpha value is -3.22. The fourth-order valence-electron chi connectivity index (χ4n) is 5.30. The predicted octanol–water partition coefficient (Wildman–Crippen LogP) is 5.58. The highest BCUT2D eigenvalue weighted by molar-refractivity contribution is 5.96. The van der Waals surface area contributed by atoms with Crippen LogP contribution in [0.4, 0.5) is 0 Å². The van der Waals surface area contributed by atoms with E-state index >= 15 is 0 Å². The first kappa shape index (κ1) is 24.5. The first-order valence-electron chi connectivity index (χ1n) is 12.7. The van der Waals surface area contributed by atoms with E-state index in [-0.39, 0.29) is 11.3 Å². The van der Waals surface area contributed by atoms with Gasteiger partial charge in [0.15, 0.2) is 5.76 Å². The molecule has 0 spiro atoms. The first-order valence-corrected chi connectivity index (χ1v) is 12.7. The molecule has 1 saturated heterocycles. The molecule has 1 fully saturated rings. The van der Waals surface area contributed by atoms with Crippen LogP contribution in [0.5, 0.6) is 0 Å². The maximum absolute atomic E-state index is 13.2. The van der Waals surface area contributed by atoms with Crippen molar-refractivity contribution in [3.05, 3.63) is 77.7 Å². The van der Waals surface area contributed by atoms with Crippen LogP contribution in [0, 0.1) is 5.41 Å².